The van der Waals surface area contributed by atoms with Crippen molar-refractivity contribution in [3.63, 3.8) is 0 Å². The highest BCUT2D eigenvalue weighted by atomic mass is 32.1. The summed E-state index contributed by atoms with van der Waals surface area (Å²) in [5.41, 5.74) is 3.01. The van der Waals surface area contributed by atoms with Crippen LogP contribution in [0.25, 0.3) is 6.08 Å². The summed E-state index contributed by atoms with van der Waals surface area (Å²) in [5, 5.41) is 9.19. The lowest BCUT2D eigenvalue weighted by atomic mass is 9.86. The molecule has 0 spiro atoms. The zero-order valence-corrected chi connectivity index (χ0v) is 17.6. The van der Waals surface area contributed by atoms with E-state index in [0.29, 0.717) is 17.7 Å². The van der Waals surface area contributed by atoms with Crippen molar-refractivity contribution in [2.45, 2.75) is 39.7 Å². The standard InChI is InChI=1S/C22H25NO4S/c1-13-18(21(25)26)10-17(28-13)11-23(5)20(24)15-8-14-6-7-16(22(2,3)4)9-19(14)27-12-15/h6-10H,11-12H2,1-5H3,(H,25,26). The molecule has 3 rings (SSSR count). The van der Waals surface area contributed by atoms with Crippen LogP contribution in [0.5, 0.6) is 5.75 Å². The molecule has 0 unspecified atom stereocenters. The van der Waals surface area contributed by atoms with Crippen LogP contribution < -0.4 is 4.74 Å². The number of thiophene rings is 1. The Balaban J connectivity index is 1.76. The molecule has 0 atom stereocenters. The Hall–Kier alpha value is -2.60. The van der Waals surface area contributed by atoms with Crippen molar-refractivity contribution >= 4 is 29.3 Å². The molecule has 1 aliphatic heterocycles. The van der Waals surface area contributed by atoms with E-state index in [1.54, 1.807) is 24.9 Å². The summed E-state index contributed by atoms with van der Waals surface area (Å²) >= 11 is 1.40. The minimum Gasteiger partial charge on any atom is -0.488 e. The van der Waals surface area contributed by atoms with Gasteiger partial charge < -0.3 is 14.7 Å². The molecule has 1 N–H and O–H groups in total. The van der Waals surface area contributed by atoms with E-state index in [4.69, 9.17) is 4.74 Å². The SMILES string of the molecule is Cc1sc(CN(C)C(=O)C2=Cc3ccc(C(C)(C)C)cc3OC2)cc1C(=O)O. The molecule has 0 radical (unpaired) electrons. The quantitative estimate of drug-likeness (QED) is 0.823. The lowest BCUT2D eigenvalue weighted by Gasteiger charge is -2.25. The van der Waals surface area contributed by atoms with E-state index in [9.17, 15) is 14.7 Å². The molecule has 1 aromatic carbocycles. The lowest BCUT2D eigenvalue weighted by molar-refractivity contribution is -0.126. The van der Waals surface area contributed by atoms with Crippen LogP contribution in [0.1, 0.15) is 52.0 Å². The molecule has 0 fully saturated rings. The molecule has 1 amide bonds. The number of carbonyl (C=O) groups excluding carboxylic acids is 1. The zero-order valence-electron chi connectivity index (χ0n) is 16.8. The van der Waals surface area contributed by atoms with E-state index in [0.717, 1.165) is 21.1 Å². The summed E-state index contributed by atoms with van der Waals surface area (Å²) in [6, 6.07) is 7.74. The number of aryl methyl sites for hydroxylation is 1. The average Bonchev–Trinajstić information content (AvgIpc) is 2.99. The van der Waals surface area contributed by atoms with Crippen molar-refractivity contribution in [3.05, 3.63) is 56.3 Å². The van der Waals surface area contributed by atoms with Crippen molar-refractivity contribution in [2.75, 3.05) is 13.7 Å². The maximum absolute atomic E-state index is 12.8. The van der Waals surface area contributed by atoms with Crippen LogP contribution in [0, 0.1) is 6.92 Å². The Kier molecular flexibility index (Phi) is 5.35. The second-order valence-corrected chi connectivity index (χ2v) is 9.45. The van der Waals surface area contributed by atoms with Gasteiger partial charge in [0.1, 0.15) is 12.4 Å². The van der Waals surface area contributed by atoms with E-state index in [1.165, 1.54) is 16.9 Å². The van der Waals surface area contributed by atoms with E-state index >= 15 is 0 Å². The second kappa shape index (κ2) is 7.43. The van der Waals surface area contributed by atoms with Gasteiger partial charge in [-0.2, -0.15) is 0 Å². The summed E-state index contributed by atoms with van der Waals surface area (Å²) in [7, 11) is 1.72. The molecule has 1 aliphatic rings. The van der Waals surface area contributed by atoms with Crippen LogP contribution in [0.2, 0.25) is 0 Å². The molecule has 148 valence electrons. The summed E-state index contributed by atoms with van der Waals surface area (Å²) in [4.78, 5) is 27.2. The molecule has 28 heavy (non-hydrogen) atoms. The number of nitrogens with zero attached hydrogens (tertiary/aromatic N) is 1. The summed E-state index contributed by atoms with van der Waals surface area (Å²) in [5.74, 6) is -0.260. The Morgan fingerprint density at radius 3 is 2.57 bits per heavy atom. The highest BCUT2D eigenvalue weighted by Gasteiger charge is 2.23. The molecule has 6 heteroatoms. The molecule has 2 aromatic rings. The number of benzene rings is 1. The first-order valence-electron chi connectivity index (χ1n) is 9.12. The largest absolute Gasteiger partial charge is 0.488 e. The normalized spacial score (nSPS) is 13.4. The van der Waals surface area contributed by atoms with Crippen LogP contribution >= 0.6 is 11.3 Å². The molecule has 0 bridgehead atoms. The predicted molar refractivity (Wildman–Crippen MR) is 111 cm³/mol. The van der Waals surface area contributed by atoms with Crippen molar-refractivity contribution in [1.82, 2.24) is 4.90 Å². The molecule has 2 heterocycles. The minimum absolute atomic E-state index is 0.0338. The lowest BCUT2D eigenvalue weighted by Crippen LogP contribution is -2.30. The average molecular weight is 400 g/mol. The fourth-order valence-corrected chi connectivity index (χ4v) is 4.22. The topological polar surface area (TPSA) is 66.8 Å². The Labute approximate surface area is 169 Å². The fourth-order valence-electron chi connectivity index (χ4n) is 3.14. The maximum atomic E-state index is 12.8. The number of carboxylic acid groups (broad SMARTS) is 1. The molecule has 0 aliphatic carbocycles. The Bertz CT molecular complexity index is 965. The van der Waals surface area contributed by atoms with Crippen molar-refractivity contribution in [3.8, 4) is 5.75 Å². The number of hydrogen-bond donors (Lipinski definition) is 1. The van der Waals surface area contributed by atoms with Crippen LogP contribution in [0.3, 0.4) is 0 Å². The summed E-state index contributed by atoms with van der Waals surface area (Å²) in [6.45, 7) is 8.83. The fraction of sp³-hybridized carbons (Fsp3) is 0.364. The first-order chi connectivity index (χ1) is 13.1. The number of amides is 1. The third kappa shape index (κ3) is 4.12. The van der Waals surface area contributed by atoms with Gasteiger partial charge in [-0.05, 0) is 36.1 Å². The first-order valence-corrected chi connectivity index (χ1v) is 9.94. The van der Waals surface area contributed by atoms with Gasteiger partial charge in [0, 0.05) is 22.4 Å². The number of hydrogen-bond acceptors (Lipinski definition) is 4. The Morgan fingerprint density at radius 1 is 1.25 bits per heavy atom. The van der Waals surface area contributed by atoms with Crippen LogP contribution in [-0.2, 0) is 16.8 Å². The number of aromatic carboxylic acids is 1. The monoisotopic (exact) mass is 399 g/mol. The maximum Gasteiger partial charge on any atom is 0.336 e. The number of fused-ring (bicyclic) bond motifs is 1. The molecule has 5 nitrogen and oxygen atoms in total. The number of ether oxygens (including phenoxy) is 1. The van der Waals surface area contributed by atoms with Crippen LogP contribution in [0.4, 0.5) is 0 Å². The second-order valence-electron chi connectivity index (χ2n) is 8.11. The van der Waals surface area contributed by atoms with Gasteiger partial charge in [0.15, 0.2) is 0 Å². The van der Waals surface area contributed by atoms with Gasteiger partial charge in [-0.1, -0.05) is 32.9 Å². The highest BCUT2D eigenvalue weighted by molar-refractivity contribution is 7.12. The number of rotatable bonds is 4. The van der Waals surface area contributed by atoms with Crippen molar-refractivity contribution < 1.29 is 19.4 Å². The van der Waals surface area contributed by atoms with Crippen molar-refractivity contribution in [2.24, 2.45) is 0 Å². The van der Waals surface area contributed by atoms with Gasteiger partial charge in [0.25, 0.3) is 5.91 Å². The molecule has 0 saturated heterocycles. The minimum atomic E-state index is -0.941. The predicted octanol–water partition coefficient (Wildman–Crippen LogP) is 4.49. The third-order valence-electron chi connectivity index (χ3n) is 4.81. The van der Waals surface area contributed by atoms with Gasteiger partial charge in [0.05, 0.1) is 17.7 Å². The molecule has 0 saturated carbocycles. The summed E-state index contributed by atoms with van der Waals surface area (Å²) < 4.78 is 5.86. The van der Waals surface area contributed by atoms with Gasteiger partial charge in [-0.15, -0.1) is 11.3 Å². The first kappa shape index (κ1) is 20.1. The van der Waals surface area contributed by atoms with Crippen LogP contribution in [-0.4, -0.2) is 35.5 Å². The Morgan fingerprint density at radius 2 is 1.96 bits per heavy atom. The van der Waals surface area contributed by atoms with E-state index in [2.05, 4.69) is 26.8 Å². The van der Waals surface area contributed by atoms with Crippen molar-refractivity contribution in [1.29, 1.82) is 0 Å². The highest BCUT2D eigenvalue weighted by Crippen LogP contribution is 2.33. The summed E-state index contributed by atoms with van der Waals surface area (Å²) in [6.07, 6.45) is 1.88. The smallest absolute Gasteiger partial charge is 0.336 e. The molecule has 1 aromatic heterocycles. The van der Waals surface area contributed by atoms with E-state index in [1.807, 2.05) is 18.2 Å². The van der Waals surface area contributed by atoms with Gasteiger partial charge in [0.2, 0.25) is 0 Å². The van der Waals surface area contributed by atoms with Gasteiger partial charge in [-0.25, -0.2) is 4.79 Å². The number of carbonyl (C=O) groups is 2. The van der Waals surface area contributed by atoms with Gasteiger partial charge >= 0.3 is 5.97 Å². The number of carboxylic acids is 1. The zero-order chi connectivity index (χ0) is 20.6. The molecular formula is C22H25NO4S. The molecular weight excluding hydrogens is 374 g/mol. The number of likely N-dealkylation sites (N-methyl/N-ethyl adjacent to an activating group) is 1. The van der Waals surface area contributed by atoms with Crippen LogP contribution in [0.15, 0.2) is 29.8 Å². The van der Waals surface area contributed by atoms with E-state index < -0.39 is 5.97 Å². The van der Waals surface area contributed by atoms with Gasteiger partial charge in [-0.3, -0.25) is 4.79 Å². The third-order valence-corrected chi connectivity index (χ3v) is 5.84. The van der Waals surface area contributed by atoms with E-state index in [-0.39, 0.29) is 17.9 Å².